The van der Waals surface area contributed by atoms with Gasteiger partial charge in [-0.2, -0.15) is 10.1 Å². The SMILES string of the molecule is CC(C)c1noc(CN2CCCn3nc([C@H](O)c4ccccc4)cc3C2)n1. The molecule has 0 bridgehead atoms. The highest BCUT2D eigenvalue weighted by Gasteiger charge is 2.22. The number of benzene rings is 1. The van der Waals surface area contributed by atoms with Crippen molar-refractivity contribution in [2.45, 2.75) is 51.9 Å². The van der Waals surface area contributed by atoms with E-state index in [1.165, 1.54) is 0 Å². The number of fused-ring (bicyclic) bond motifs is 1. The minimum absolute atomic E-state index is 0.259. The maximum atomic E-state index is 10.6. The van der Waals surface area contributed by atoms with Crippen molar-refractivity contribution in [1.29, 1.82) is 0 Å². The number of hydrogen-bond donors (Lipinski definition) is 1. The van der Waals surface area contributed by atoms with Gasteiger partial charge >= 0.3 is 0 Å². The van der Waals surface area contributed by atoms with E-state index in [1.54, 1.807) is 0 Å². The molecule has 0 aliphatic carbocycles. The molecule has 1 aliphatic heterocycles. The van der Waals surface area contributed by atoms with E-state index >= 15 is 0 Å². The second-order valence-electron chi connectivity index (χ2n) is 7.36. The van der Waals surface area contributed by atoms with Crippen LogP contribution >= 0.6 is 0 Å². The van der Waals surface area contributed by atoms with Gasteiger partial charge in [-0.05, 0) is 18.1 Å². The second-order valence-corrected chi connectivity index (χ2v) is 7.36. The maximum absolute atomic E-state index is 10.6. The number of aryl methyl sites for hydroxylation is 1. The number of aliphatic hydroxyl groups is 1. The molecule has 1 aromatic carbocycles. The quantitative estimate of drug-likeness (QED) is 0.747. The fraction of sp³-hybridized carbons (Fsp3) is 0.450. The number of rotatable bonds is 5. The zero-order chi connectivity index (χ0) is 18.8. The third kappa shape index (κ3) is 3.94. The number of nitrogens with zero attached hydrogens (tertiary/aromatic N) is 5. The summed E-state index contributed by atoms with van der Waals surface area (Å²) in [5, 5.41) is 19.3. The molecule has 2 aromatic heterocycles. The Morgan fingerprint density at radius 2 is 2.00 bits per heavy atom. The highest BCUT2D eigenvalue weighted by molar-refractivity contribution is 5.26. The normalized spacial score (nSPS) is 16.3. The Labute approximate surface area is 158 Å². The van der Waals surface area contributed by atoms with Crippen molar-refractivity contribution in [2.24, 2.45) is 0 Å². The zero-order valence-corrected chi connectivity index (χ0v) is 15.7. The molecule has 27 heavy (non-hydrogen) atoms. The fourth-order valence-electron chi connectivity index (χ4n) is 3.38. The summed E-state index contributed by atoms with van der Waals surface area (Å²) < 4.78 is 7.40. The van der Waals surface area contributed by atoms with Crippen LogP contribution in [0.1, 0.15) is 61.0 Å². The third-order valence-corrected chi connectivity index (χ3v) is 4.87. The molecule has 7 heteroatoms. The first kappa shape index (κ1) is 17.9. The monoisotopic (exact) mass is 367 g/mol. The summed E-state index contributed by atoms with van der Waals surface area (Å²) in [6.45, 7) is 7.26. The van der Waals surface area contributed by atoms with Crippen LogP contribution in [0.25, 0.3) is 0 Å². The Balaban J connectivity index is 1.49. The van der Waals surface area contributed by atoms with Crippen LogP contribution in [-0.4, -0.2) is 36.5 Å². The smallest absolute Gasteiger partial charge is 0.240 e. The predicted octanol–water partition coefficient (Wildman–Crippen LogP) is 2.88. The third-order valence-electron chi connectivity index (χ3n) is 4.87. The van der Waals surface area contributed by atoms with E-state index in [2.05, 4.69) is 34.0 Å². The van der Waals surface area contributed by atoms with Crippen molar-refractivity contribution in [3.05, 3.63) is 65.1 Å². The molecule has 7 nitrogen and oxygen atoms in total. The lowest BCUT2D eigenvalue weighted by atomic mass is 10.1. The molecular formula is C20H25N5O2. The average molecular weight is 367 g/mol. The van der Waals surface area contributed by atoms with Crippen molar-refractivity contribution in [3.8, 4) is 0 Å². The van der Waals surface area contributed by atoms with E-state index < -0.39 is 6.10 Å². The molecule has 0 saturated heterocycles. The number of aromatic nitrogens is 4. The lowest BCUT2D eigenvalue weighted by Crippen LogP contribution is -2.23. The first-order valence-electron chi connectivity index (χ1n) is 9.44. The minimum Gasteiger partial charge on any atom is -0.382 e. The van der Waals surface area contributed by atoms with Gasteiger partial charge in [0.2, 0.25) is 5.89 Å². The van der Waals surface area contributed by atoms with Crippen LogP contribution in [0.4, 0.5) is 0 Å². The number of aliphatic hydroxyl groups excluding tert-OH is 1. The van der Waals surface area contributed by atoms with Crippen LogP contribution in [0.3, 0.4) is 0 Å². The van der Waals surface area contributed by atoms with E-state index in [1.807, 2.05) is 41.1 Å². The van der Waals surface area contributed by atoms with Crippen molar-refractivity contribution in [2.75, 3.05) is 6.54 Å². The Kier molecular flexibility index (Phi) is 5.05. The van der Waals surface area contributed by atoms with Crippen LogP contribution in [0.5, 0.6) is 0 Å². The first-order chi connectivity index (χ1) is 13.1. The molecule has 0 unspecified atom stereocenters. The molecule has 0 fully saturated rings. The molecule has 0 radical (unpaired) electrons. The zero-order valence-electron chi connectivity index (χ0n) is 15.7. The van der Waals surface area contributed by atoms with Gasteiger partial charge < -0.3 is 9.63 Å². The Morgan fingerprint density at radius 3 is 2.74 bits per heavy atom. The molecule has 0 saturated carbocycles. The van der Waals surface area contributed by atoms with Crippen molar-refractivity contribution < 1.29 is 9.63 Å². The fourth-order valence-corrected chi connectivity index (χ4v) is 3.38. The van der Waals surface area contributed by atoms with Gasteiger partial charge in [0.05, 0.1) is 17.9 Å². The summed E-state index contributed by atoms with van der Waals surface area (Å²) in [4.78, 5) is 6.77. The lowest BCUT2D eigenvalue weighted by molar-refractivity contribution is 0.212. The molecule has 1 N–H and O–H groups in total. The molecule has 3 heterocycles. The van der Waals surface area contributed by atoms with Crippen LogP contribution in [0.15, 0.2) is 40.9 Å². The van der Waals surface area contributed by atoms with Crippen LogP contribution in [0.2, 0.25) is 0 Å². The van der Waals surface area contributed by atoms with Crippen molar-refractivity contribution >= 4 is 0 Å². The van der Waals surface area contributed by atoms with Crippen LogP contribution in [0, 0.1) is 0 Å². The van der Waals surface area contributed by atoms with Crippen molar-refractivity contribution in [1.82, 2.24) is 24.8 Å². The molecule has 4 rings (SSSR count). The maximum Gasteiger partial charge on any atom is 0.240 e. The number of hydrogen-bond acceptors (Lipinski definition) is 6. The highest BCUT2D eigenvalue weighted by Crippen LogP contribution is 2.24. The molecule has 1 aliphatic rings. The van der Waals surface area contributed by atoms with Gasteiger partial charge in [-0.25, -0.2) is 0 Å². The minimum atomic E-state index is -0.705. The molecule has 0 amide bonds. The van der Waals surface area contributed by atoms with E-state index in [0.717, 1.165) is 43.1 Å². The lowest BCUT2D eigenvalue weighted by Gasteiger charge is -2.16. The van der Waals surface area contributed by atoms with Gasteiger partial charge in [0.15, 0.2) is 5.82 Å². The van der Waals surface area contributed by atoms with E-state index in [4.69, 9.17) is 4.52 Å². The van der Waals surface area contributed by atoms with E-state index in [0.29, 0.717) is 18.1 Å². The summed E-state index contributed by atoms with van der Waals surface area (Å²) in [6.07, 6.45) is 0.282. The summed E-state index contributed by atoms with van der Waals surface area (Å²) in [5.41, 5.74) is 2.65. The standard InChI is InChI=1S/C20H25N5O2/c1-14(2)20-21-18(27-23-20)13-24-9-6-10-25-16(12-24)11-17(22-25)19(26)15-7-4-3-5-8-15/h3-5,7-8,11,14,19,26H,6,9-10,12-13H2,1-2H3/t19-/m1/s1. The molecule has 3 aromatic rings. The molecule has 0 spiro atoms. The van der Waals surface area contributed by atoms with Crippen LogP contribution < -0.4 is 0 Å². The highest BCUT2D eigenvalue weighted by atomic mass is 16.5. The summed E-state index contributed by atoms with van der Waals surface area (Å²) >= 11 is 0. The van der Waals surface area contributed by atoms with Gasteiger partial charge in [-0.1, -0.05) is 49.3 Å². The predicted molar refractivity (Wildman–Crippen MR) is 99.8 cm³/mol. The molecule has 1 atom stereocenters. The van der Waals surface area contributed by atoms with E-state index in [9.17, 15) is 5.11 Å². The average Bonchev–Trinajstić information content (AvgIpc) is 3.25. The Bertz CT molecular complexity index is 887. The molecular weight excluding hydrogens is 342 g/mol. The van der Waals surface area contributed by atoms with Gasteiger partial charge in [0, 0.05) is 25.6 Å². The topological polar surface area (TPSA) is 80.2 Å². The molecule has 142 valence electrons. The first-order valence-corrected chi connectivity index (χ1v) is 9.44. The summed E-state index contributed by atoms with van der Waals surface area (Å²) in [5.74, 6) is 1.66. The van der Waals surface area contributed by atoms with Crippen LogP contribution in [-0.2, 0) is 19.6 Å². The van der Waals surface area contributed by atoms with Gasteiger partial charge in [-0.15, -0.1) is 0 Å². The van der Waals surface area contributed by atoms with Gasteiger partial charge in [0.1, 0.15) is 6.10 Å². The van der Waals surface area contributed by atoms with E-state index in [-0.39, 0.29) is 5.92 Å². The summed E-state index contributed by atoms with van der Waals surface area (Å²) in [7, 11) is 0. The van der Waals surface area contributed by atoms with Gasteiger partial charge in [0.25, 0.3) is 0 Å². The Morgan fingerprint density at radius 1 is 1.19 bits per heavy atom. The second kappa shape index (κ2) is 7.62. The van der Waals surface area contributed by atoms with Gasteiger partial charge in [-0.3, -0.25) is 9.58 Å². The van der Waals surface area contributed by atoms with Crippen molar-refractivity contribution in [3.63, 3.8) is 0 Å². The summed E-state index contributed by atoms with van der Waals surface area (Å²) in [6, 6.07) is 11.6. The Hall–Kier alpha value is -2.51. The largest absolute Gasteiger partial charge is 0.382 e.